The number of hydrogen-bond donors (Lipinski definition) is 1. The zero-order valence-electron chi connectivity index (χ0n) is 12.8. The van der Waals surface area contributed by atoms with Crippen molar-refractivity contribution >= 4 is 28.5 Å². The number of rotatable bonds is 7. The van der Waals surface area contributed by atoms with Gasteiger partial charge in [0.2, 0.25) is 5.91 Å². The smallest absolute Gasteiger partial charge is 0.243 e. The molecule has 1 atom stereocenters. The van der Waals surface area contributed by atoms with Gasteiger partial charge in [0, 0.05) is 19.8 Å². The van der Waals surface area contributed by atoms with Gasteiger partial charge in [0.25, 0.3) is 0 Å². The van der Waals surface area contributed by atoms with E-state index in [2.05, 4.69) is 15.3 Å². The molecule has 1 unspecified atom stereocenters. The molecular weight excluding hydrogens is 316 g/mol. The Labute approximate surface area is 139 Å². The maximum atomic E-state index is 12.2. The molecule has 0 radical (unpaired) electrons. The predicted molar refractivity (Wildman–Crippen MR) is 87.0 cm³/mol. The van der Waals surface area contributed by atoms with Gasteiger partial charge in [-0.1, -0.05) is 23.7 Å². The Bertz CT molecular complexity index is 730. The standard InChI is InChI=1S/C16H17ClN4O2/c1-2-23-9-5-8-19-16(22)11(10-18)14-15(17)21-13-7-4-3-6-12(13)20-14/h3-4,6-7,11H,2,5,8-9H2,1H3,(H,19,22). The largest absolute Gasteiger partial charge is 0.382 e. The summed E-state index contributed by atoms with van der Waals surface area (Å²) in [5, 5.41) is 12.1. The predicted octanol–water partition coefficient (Wildman–Crippen LogP) is 2.43. The van der Waals surface area contributed by atoms with Crippen molar-refractivity contribution in [2.45, 2.75) is 19.3 Å². The lowest BCUT2D eigenvalue weighted by Gasteiger charge is -2.11. The Morgan fingerprint density at radius 2 is 2.09 bits per heavy atom. The van der Waals surface area contributed by atoms with Gasteiger partial charge in [-0.3, -0.25) is 4.79 Å². The van der Waals surface area contributed by atoms with Gasteiger partial charge >= 0.3 is 0 Å². The van der Waals surface area contributed by atoms with E-state index in [4.69, 9.17) is 16.3 Å². The average molecular weight is 333 g/mol. The molecule has 0 aliphatic carbocycles. The molecule has 120 valence electrons. The topological polar surface area (TPSA) is 87.9 Å². The minimum Gasteiger partial charge on any atom is -0.382 e. The number of nitrogens with zero attached hydrogens (tertiary/aromatic N) is 3. The molecule has 0 saturated carbocycles. The number of nitrogens with one attached hydrogen (secondary N) is 1. The fourth-order valence-electron chi connectivity index (χ4n) is 2.05. The van der Waals surface area contributed by atoms with E-state index in [1.807, 2.05) is 25.1 Å². The van der Waals surface area contributed by atoms with Gasteiger partial charge in [0.05, 0.1) is 17.1 Å². The highest BCUT2D eigenvalue weighted by molar-refractivity contribution is 6.30. The molecule has 1 heterocycles. The summed E-state index contributed by atoms with van der Waals surface area (Å²) in [4.78, 5) is 20.7. The number of para-hydroxylation sites is 2. The van der Waals surface area contributed by atoms with Crippen molar-refractivity contribution in [3.8, 4) is 6.07 Å². The van der Waals surface area contributed by atoms with Crippen LogP contribution in [0.15, 0.2) is 24.3 Å². The van der Waals surface area contributed by atoms with Gasteiger partial charge in [-0.15, -0.1) is 0 Å². The molecule has 0 bridgehead atoms. The quantitative estimate of drug-likeness (QED) is 0.787. The summed E-state index contributed by atoms with van der Waals surface area (Å²) >= 11 is 6.10. The number of carbonyl (C=O) groups excluding carboxylic acids is 1. The third-order valence-electron chi connectivity index (χ3n) is 3.19. The van der Waals surface area contributed by atoms with Crippen LogP contribution in [0.1, 0.15) is 25.0 Å². The summed E-state index contributed by atoms with van der Waals surface area (Å²) in [5.74, 6) is -1.53. The molecule has 1 amide bonds. The van der Waals surface area contributed by atoms with Crippen LogP contribution in [0, 0.1) is 11.3 Å². The minimum absolute atomic E-state index is 0.0692. The number of halogens is 1. The monoisotopic (exact) mass is 332 g/mol. The summed E-state index contributed by atoms with van der Waals surface area (Å²) in [5.41, 5.74) is 1.39. The summed E-state index contributed by atoms with van der Waals surface area (Å²) in [6, 6.07) is 9.11. The zero-order valence-corrected chi connectivity index (χ0v) is 13.5. The van der Waals surface area contributed by atoms with Crippen LogP contribution in [0.2, 0.25) is 5.15 Å². The Hall–Kier alpha value is -2.23. The molecule has 0 spiro atoms. The molecule has 23 heavy (non-hydrogen) atoms. The van der Waals surface area contributed by atoms with Crippen molar-refractivity contribution in [1.82, 2.24) is 15.3 Å². The van der Waals surface area contributed by atoms with Crippen LogP contribution in [-0.4, -0.2) is 35.6 Å². The first-order valence-corrected chi connectivity index (χ1v) is 7.72. The third kappa shape index (κ3) is 4.38. The second-order valence-electron chi connectivity index (χ2n) is 4.79. The fourth-order valence-corrected chi connectivity index (χ4v) is 2.29. The molecule has 1 aromatic heterocycles. The van der Waals surface area contributed by atoms with Crippen molar-refractivity contribution in [3.05, 3.63) is 35.1 Å². The van der Waals surface area contributed by atoms with E-state index in [9.17, 15) is 10.1 Å². The van der Waals surface area contributed by atoms with E-state index in [0.717, 1.165) is 0 Å². The molecule has 0 saturated heterocycles. The van der Waals surface area contributed by atoms with Crippen LogP contribution in [0.4, 0.5) is 0 Å². The number of aromatic nitrogens is 2. The van der Waals surface area contributed by atoms with Gasteiger partial charge in [0.1, 0.15) is 5.69 Å². The molecule has 2 rings (SSSR count). The molecule has 1 N–H and O–H groups in total. The highest BCUT2D eigenvalue weighted by atomic mass is 35.5. The van der Waals surface area contributed by atoms with Gasteiger partial charge in [-0.25, -0.2) is 9.97 Å². The first-order valence-electron chi connectivity index (χ1n) is 7.34. The Morgan fingerprint density at radius 1 is 1.39 bits per heavy atom. The lowest BCUT2D eigenvalue weighted by Crippen LogP contribution is -2.30. The Kier molecular flexibility index (Phi) is 6.27. The normalized spacial score (nSPS) is 11.9. The number of amides is 1. The first kappa shape index (κ1) is 17.1. The lowest BCUT2D eigenvalue weighted by atomic mass is 10.1. The zero-order chi connectivity index (χ0) is 16.7. The van der Waals surface area contributed by atoms with E-state index in [1.165, 1.54) is 0 Å². The van der Waals surface area contributed by atoms with Crippen molar-refractivity contribution in [1.29, 1.82) is 5.26 Å². The van der Waals surface area contributed by atoms with Gasteiger partial charge < -0.3 is 10.1 Å². The van der Waals surface area contributed by atoms with Crippen molar-refractivity contribution < 1.29 is 9.53 Å². The van der Waals surface area contributed by atoms with E-state index >= 15 is 0 Å². The third-order valence-corrected chi connectivity index (χ3v) is 3.46. The molecule has 1 aromatic carbocycles. The summed E-state index contributed by atoms with van der Waals surface area (Å²) < 4.78 is 5.19. The van der Waals surface area contributed by atoms with Crippen molar-refractivity contribution in [3.63, 3.8) is 0 Å². The number of fused-ring (bicyclic) bond motifs is 1. The highest BCUT2D eigenvalue weighted by Gasteiger charge is 2.25. The number of hydrogen-bond acceptors (Lipinski definition) is 5. The van der Waals surface area contributed by atoms with E-state index < -0.39 is 11.8 Å². The minimum atomic E-state index is -1.09. The van der Waals surface area contributed by atoms with E-state index in [0.29, 0.717) is 37.2 Å². The SMILES string of the molecule is CCOCCCNC(=O)C(C#N)c1nc2ccccc2nc1Cl. The van der Waals surface area contributed by atoms with Crippen LogP contribution < -0.4 is 5.32 Å². The van der Waals surface area contributed by atoms with Crippen LogP contribution in [0.3, 0.4) is 0 Å². The maximum Gasteiger partial charge on any atom is 0.243 e. The molecular formula is C16H17ClN4O2. The maximum absolute atomic E-state index is 12.2. The summed E-state index contributed by atoms with van der Waals surface area (Å²) in [7, 11) is 0. The van der Waals surface area contributed by atoms with Crippen molar-refractivity contribution in [2.75, 3.05) is 19.8 Å². The molecule has 2 aromatic rings. The first-order chi connectivity index (χ1) is 11.2. The lowest BCUT2D eigenvalue weighted by molar-refractivity contribution is -0.121. The highest BCUT2D eigenvalue weighted by Crippen LogP contribution is 2.23. The van der Waals surface area contributed by atoms with E-state index in [-0.39, 0.29) is 10.8 Å². The van der Waals surface area contributed by atoms with Crippen LogP contribution >= 0.6 is 11.6 Å². The van der Waals surface area contributed by atoms with Crippen LogP contribution in [0.25, 0.3) is 11.0 Å². The molecule has 7 heteroatoms. The molecule has 0 aliphatic heterocycles. The average Bonchev–Trinajstić information content (AvgIpc) is 2.55. The molecule has 6 nitrogen and oxygen atoms in total. The number of nitriles is 1. The van der Waals surface area contributed by atoms with Gasteiger partial charge in [-0.05, 0) is 25.5 Å². The van der Waals surface area contributed by atoms with Gasteiger partial charge in [-0.2, -0.15) is 5.26 Å². The summed E-state index contributed by atoms with van der Waals surface area (Å²) in [6.45, 7) is 3.53. The van der Waals surface area contributed by atoms with Crippen molar-refractivity contribution in [2.24, 2.45) is 0 Å². The van der Waals surface area contributed by atoms with E-state index in [1.54, 1.807) is 12.1 Å². The van der Waals surface area contributed by atoms with Crippen LogP contribution in [0.5, 0.6) is 0 Å². The fraction of sp³-hybridized carbons (Fsp3) is 0.375. The second-order valence-corrected chi connectivity index (χ2v) is 5.15. The molecule has 0 aliphatic rings. The van der Waals surface area contributed by atoms with Crippen LogP contribution in [-0.2, 0) is 9.53 Å². The number of carbonyl (C=O) groups is 1. The second kappa shape index (κ2) is 8.42. The number of benzene rings is 1. The Balaban J connectivity index is 2.12. The number of ether oxygens (including phenoxy) is 1. The molecule has 0 fully saturated rings. The summed E-state index contributed by atoms with van der Waals surface area (Å²) in [6.07, 6.45) is 0.675. The Morgan fingerprint density at radius 3 is 2.74 bits per heavy atom. The van der Waals surface area contributed by atoms with Gasteiger partial charge in [0.15, 0.2) is 11.1 Å².